The van der Waals surface area contributed by atoms with Crippen molar-refractivity contribution in [2.75, 3.05) is 20.8 Å². The Balaban J connectivity index is 1.84. The summed E-state index contributed by atoms with van der Waals surface area (Å²) in [7, 11) is 3.05. The summed E-state index contributed by atoms with van der Waals surface area (Å²) in [5, 5.41) is 8.99. The molecular formula is C19H22O5. The molecule has 5 nitrogen and oxygen atoms in total. The second-order valence-electron chi connectivity index (χ2n) is 5.36. The first-order chi connectivity index (χ1) is 11.6. The average molecular weight is 330 g/mol. The number of carbonyl (C=O) groups is 1. The summed E-state index contributed by atoms with van der Waals surface area (Å²) in [6.07, 6.45) is 0.282. The first kappa shape index (κ1) is 17.8. The molecule has 0 aliphatic heterocycles. The number of hydrogen-bond donors (Lipinski definition) is 1. The molecule has 0 saturated heterocycles. The molecule has 2 aromatic rings. The molecule has 0 saturated carbocycles. The van der Waals surface area contributed by atoms with Gasteiger partial charge in [0.2, 0.25) is 0 Å². The maximum absolute atomic E-state index is 11.0. The molecule has 0 bridgehead atoms. The summed E-state index contributed by atoms with van der Waals surface area (Å²) >= 11 is 0. The number of carboxylic acids is 1. The minimum Gasteiger partial charge on any atom is -0.497 e. The SMILES string of the molecule is COc1cccc(CCOc2ccc(C[C@H](OC)C(=O)O)cc2)c1. The fraction of sp³-hybridized carbons (Fsp3) is 0.316. The van der Waals surface area contributed by atoms with Gasteiger partial charge in [-0.3, -0.25) is 0 Å². The van der Waals surface area contributed by atoms with Crippen molar-refractivity contribution in [3.8, 4) is 11.5 Å². The van der Waals surface area contributed by atoms with E-state index < -0.39 is 12.1 Å². The van der Waals surface area contributed by atoms with Gasteiger partial charge in [0.05, 0.1) is 13.7 Å². The Kier molecular flexibility index (Phi) is 6.63. The van der Waals surface area contributed by atoms with Crippen LogP contribution in [0.2, 0.25) is 0 Å². The molecule has 0 heterocycles. The van der Waals surface area contributed by atoms with Crippen LogP contribution in [0, 0.1) is 0 Å². The third-order valence-electron chi connectivity index (χ3n) is 3.70. The van der Waals surface area contributed by atoms with E-state index in [-0.39, 0.29) is 0 Å². The van der Waals surface area contributed by atoms with E-state index in [1.807, 2.05) is 48.5 Å². The molecule has 1 N–H and O–H groups in total. The lowest BCUT2D eigenvalue weighted by Gasteiger charge is -2.11. The maximum Gasteiger partial charge on any atom is 0.333 e. The van der Waals surface area contributed by atoms with E-state index in [4.69, 9.17) is 19.3 Å². The van der Waals surface area contributed by atoms with Gasteiger partial charge in [0.25, 0.3) is 0 Å². The van der Waals surface area contributed by atoms with Crippen molar-refractivity contribution in [1.29, 1.82) is 0 Å². The van der Waals surface area contributed by atoms with Gasteiger partial charge in [-0.25, -0.2) is 4.79 Å². The van der Waals surface area contributed by atoms with E-state index in [0.29, 0.717) is 13.0 Å². The van der Waals surface area contributed by atoms with E-state index >= 15 is 0 Å². The van der Waals surface area contributed by atoms with E-state index in [1.165, 1.54) is 7.11 Å². The van der Waals surface area contributed by atoms with Gasteiger partial charge in [0.1, 0.15) is 11.5 Å². The minimum atomic E-state index is -0.962. The number of hydrogen-bond acceptors (Lipinski definition) is 4. The van der Waals surface area contributed by atoms with Gasteiger partial charge in [-0.05, 0) is 35.4 Å². The molecule has 128 valence electrons. The zero-order valence-corrected chi connectivity index (χ0v) is 13.9. The van der Waals surface area contributed by atoms with Gasteiger partial charge >= 0.3 is 5.97 Å². The number of benzene rings is 2. The number of rotatable bonds is 9. The quantitative estimate of drug-likeness (QED) is 0.766. The summed E-state index contributed by atoms with van der Waals surface area (Å²) in [5.41, 5.74) is 2.04. The third kappa shape index (κ3) is 5.28. The molecule has 0 aliphatic rings. The molecule has 2 rings (SSSR count). The van der Waals surface area contributed by atoms with Crippen molar-refractivity contribution < 1.29 is 24.1 Å². The Bertz CT molecular complexity index is 651. The van der Waals surface area contributed by atoms with Crippen LogP contribution in [0.25, 0.3) is 0 Å². The topological polar surface area (TPSA) is 65.0 Å². The summed E-state index contributed by atoms with van der Waals surface area (Å²) in [6.45, 7) is 0.558. The summed E-state index contributed by atoms with van der Waals surface area (Å²) in [5.74, 6) is 0.630. The van der Waals surface area contributed by atoms with Crippen LogP contribution in [0.3, 0.4) is 0 Å². The molecule has 0 aliphatic carbocycles. The first-order valence-electron chi connectivity index (χ1n) is 7.72. The van der Waals surface area contributed by atoms with E-state index in [2.05, 4.69) is 0 Å². The van der Waals surface area contributed by atoms with E-state index in [0.717, 1.165) is 29.0 Å². The number of aliphatic carboxylic acids is 1. The van der Waals surface area contributed by atoms with Gasteiger partial charge in [-0.15, -0.1) is 0 Å². The minimum absolute atomic E-state index is 0.329. The molecule has 5 heteroatoms. The summed E-state index contributed by atoms with van der Waals surface area (Å²) in [4.78, 5) is 11.0. The molecule has 2 aromatic carbocycles. The van der Waals surface area contributed by atoms with Crippen molar-refractivity contribution in [3.63, 3.8) is 0 Å². The molecule has 0 aromatic heterocycles. The number of carboxylic acid groups (broad SMARTS) is 1. The van der Waals surface area contributed by atoms with Gasteiger partial charge in [-0.2, -0.15) is 0 Å². The van der Waals surface area contributed by atoms with Crippen LogP contribution in [0.15, 0.2) is 48.5 Å². The lowest BCUT2D eigenvalue weighted by molar-refractivity contribution is -0.148. The Labute approximate surface area is 141 Å². The van der Waals surface area contributed by atoms with E-state index in [1.54, 1.807) is 7.11 Å². The Morgan fingerprint density at radius 2 is 1.79 bits per heavy atom. The molecule has 0 radical (unpaired) electrons. The fourth-order valence-corrected chi connectivity index (χ4v) is 2.32. The maximum atomic E-state index is 11.0. The van der Waals surface area contributed by atoms with Gasteiger partial charge < -0.3 is 19.3 Å². The smallest absolute Gasteiger partial charge is 0.333 e. The highest BCUT2D eigenvalue weighted by Gasteiger charge is 2.16. The Morgan fingerprint density at radius 1 is 1.04 bits per heavy atom. The van der Waals surface area contributed by atoms with Crippen LogP contribution in [-0.2, 0) is 22.4 Å². The predicted octanol–water partition coefficient (Wildman–Crippen LogP) is 2.96. The van der Waals surface area contributed by atoms with Crippen molar-refractivity contribution in [2.24, 2.45) is 0 Å². The molecule has 0 fully saturated rings. The van der Waals surface area contributed by atoms with Crippen molar-refractivity contribution in [3.05, 3.63) is 59.7 Å². The lowest BCUT2D eigenvalue weighted by Crippen LogP contribution is -2.24. The standard InChI is InChI=1S/C19H22O5/c1-22-17-5-3-4-14(12-17)10-11-24-16-8-6-15(7-9-16)13-18(23-2)19(20)21/h3-9,12,18H,10-11,13H2,1-2H3,(H,20,21)/t18-/m0/s1. The second kappa shape index (κ2) is 8.93. The number of ether oxygens (including phenoxy) is 3. The number of methoxy groups -OCH3 is 2. The van der Waals surface area contributed by atoms with Crippen LogP contribution < -0.4 is 9.47 Å². The Morgan fingerprint density at radius 3 is 2.42 bits per heavy atom. The monoisotopic (exact) mass is 330 g/mol. The van der Waals surface area contributed by atoms with E-state index in [9.17, 15) is 4.79 Å². The largest absolute Gasteiger partial charge is 0.497 e. The molecule has 0 amide bonds. The van der Waals surface area contributed by atoms with Gasteiger partial charge in [0.15, 0.2) is 6.10 Å². The predicted molar refractivity (Wildman–Crippen MR) is 90.8 cm³/mol. The first-order valence-corrected chi connectivity index (χ1v) is 7.72. The van der Waals surface area contributed by atoms with Crippen molar-refractivity contribution in [2.45, 2.75) is 18.9 Å². The highest BCUT2D eigenvalue weighted by atomic mass is 16.5. The van der Waals surface area contributed by atoms with Crippen LogP contribution in [-0.4, -0.2) is 38.0 Å². The fourth-order valence-electron chi connectivity index (χ4n) is 2.32. The van der Waals surface area contributed by atoms with Crippen LogP contribution in [0.1, 0.15) is 11.1 Å². The molecule has 1 atom stereocenters. The van der Waals surface area contributed by atoms with Gasteiger partial charge in [-0.1, -0.05) is 24.3 Å². The highest BCUT2D eigenvalue weighted by Crippen LogP contribution is 2.16. The highest BCUT2D eigenvalue weighted by molar-refractivity contribution is 5.72. The third-order valence-corrected chi connectivity index (χ3v) is 3.70. The van der Waals surface area contributed by atoms with Crippen LogP contribution in [0.4, 0.5) is 0 Å². The van der Waals surface area contributed by atoms with Crippen molar-refractivity contribution in [1.82, 2.24) is 0 Å². The van der Waals surface area contributed by atoms with Crippen LogP contribution >= 0.6 is 0 Å². The zero-order chi connectivity index (χ0) is 17.4. The van der Waals surface area contributed by atoms with Crippen molar-refractivity contribution >= 4 is 5.97 Å². The molecule has 0 unspecified atom stereocenters. The second-order valence-corrected chi connectivity index (χ2v) is 5.36. The lowest BCUT2D eigenvalue weighted by atomic mass is 10.1. The van der Waals surface area contributed by atoms with Crippen LogP contribution in [0.5, 0.6) is 11.5 Å². The summed E-state index contributed by atoms with van der Waals surface area (Å²) < 4.78 is 15.9. The normalized spacial score (nSPS) is 11.8. The summed E-state index contributed by atoms with van der Waals surface area (Å²) in [6, 6.07) is 15.3. The zero-order valence-electron chi connectivity index (χ0n) is 13.9. The molecule has 24 heavy (non-hydrogen) atoms. The molecular weight excluding hydrogens is 308 g/mol. The van der Waals surface area contributed by atoms with Gasteiger partial charge in [0, 0.05) is 20.0 Å². The average Bonchev–Trinajstić information content (AvgIpc) is 2.61. The Hall–Kier alpha value is -2.53. The molecule has 0 spiro atoms.